The Kier molecular flexibility index (Phi) is 5.45. The molecule has 0 saturated heterocycles. The summed E-state index contributed by atoms with van der Waals surface area (Å²) in [7, 11) is 1.76. The van der Waals surface area contributed by atoms with Crippen LogP contribution in [0.2, 0.25) is 0 Å². The second-order valence-corrected chi connectivity index (χ2v) is 4.58. The standard InChI is InChI=1S/C11H24N2O/c1-9(8-14-2)7-13-11-5-3-10(12)4-6-11/h9-11,13H,3-8,12H2,1-2H3. The molecule has 1 fully saturated rings. The maximum Gasteiger partial charge on any atom is 0.0499 e. The average Bonchev–Trinajstić information content (AvgIpc) is 2.17. The molecule has 0 spiro atoms. The Morgan fingerprint density at radius 2 is 2.00 bits per heavy atom. The molecule has 1 saturated carbocycles. The zero-order valence-electron chi connectivity index (χ0n) is 9.46. The van der Waals surface area contributed by atoms with Crippen LogP contribution in [0, 0.1) is 5.92 Å². The third-order valence-corrected chi connectivity index (χ3v) is 2.98. The van der Waals surface area contributed by atoms with Crippen LogP contribution in [0.4, 0.5) is 0 Å². The van der Waals surface area contributed by atoms with Crippen LogP contribution in [0.3, 0.4) is 0 Å². The molecule has 1 unspecified atom stereocenters. The molecule has 3 nitrogen and oxygen atoms in total. The van der Waals surface area contributed by atoms with Gasteiger partial charge in [0.05, 0.1) is 0 Å². The van der Waals surface area contributed by atoms with Gasteiger partial charge < -0.3 is 15.8 Å². The first-order valence-corrected chi connectivity index (χ1v) is 5.70. The van der Waals surface area contributed by atoms with E-state index in [4.69, 9.17) is 10.5 Å². The van der Waals surface area contributed by atoms with Crippen molar-refractivity contribution in [2.45, 2.75) is 44.7 Å². The molecule has 0 bridgehead atoms. The van der Waals surface area contributed by atoms with E-state index in [0.29, 0.717) is 18.0 Å². The molecule has 0 heterocycles. The Morgan fingerprint density at radius 3 is 2.57 bits per heavy atom. The molecule has 1 aliphatic rings. The maximum atomic E-state index is 5.85. The van der Waals surface area contributed by atoms with Crippen LogP contribution >= 0.6 is 0 Å². The number of methoxy groups -OCH3 is 1. The monoisotopic (exact) mass is 200 g/mol. The minimum absolute atomic E-state index is 0.449. The van der Waals surface area contributed by atoms with Crippen molar-refractivity contribution in [3.8, 4) is 0 Å². The van der Waals surface area contributed by atoms with Gasteiger partial charge in [0.15, 0.2) is 0 Å². The molecular weight excluding hydrogens is 176 g/mol. The van der Waals surface area contributed by atoms with E-state index >= 15 is 0 Å². The topological polar surface area (TPSA) is 47.3 Å². The van der Waals surface area contributed by atoms with Gasteiger partial charge in [0.25, 0.3) is 0 Å². The highest BCUT2D eigenvalue weighted by Gasteiger charge is 2.18. The summed E-state index contributed by atoms with van der Waals surface area (Å²) in [5.41, 5.74) is 5.85. The van der Waals surface area contributed by atoms with Gasteiger partial charge in [-0.1, -0.05) is 6.92 Å². The van der Waals surface area contributed by atoms with Crippen LogP contribution < -0.4 is 11.1 Å². The van der Waals surface area contributed by atoms with E-state index in [1.54, 1.807) is 7.11 Å². The molecule has 0 aliphatic heterocycles. The van der Waals surface area contributed by atoms with Crippen molar-refractivity contribution in [1.82, 2.24) is 5.32 Å². The lowest BCUT2D eigenvalue weighted by molar-refractivity contribution is 0.155. The van der Waals surface area contributed by atoms with Gasteiger partial charge in [-0.05, 0) is 31.6 Å². The maximum absolute atomic E-state index is 5.85. The van der Waals surface area contributed by atoms with E-state index in [1.807, 2.05) is 0 Å². The summed E-state index contributed by atoms with van der Waals surface area (Å²) >= 11 is 0. The highest BCUT2D eigenvalue weighted by atomic mass is 16.5. The van der Waals surface area contributed by atoms with Crippen molar-refractivity contribution < 1.29 is 4.74 Å². The lowest BCUT2D eigenvalue weighted by Gasteiger charge is -2.27. The second kappa shape index (κ2) is 6.38. The zero-order chi connectivity index (χ0) is 10.4. The van der Waals surface area contributed by atoms with Gasteiger partial charge in [-0.25, -0.2) is 0 Å². The summed E-state index contributed by atoms with van der Waals surface area (Å²) < 4.78 is 5.10. The van der Waals surface area contributed by atoms with Crippen molar-refractivity contribution in [3.05, 3.63) is 0 Å². The fourth-order valence-corrected chi connectivity index (χ4v) is 2.03. The first-order chi connectivity index (χ1) is 6.72. The zero-order valence-corrected chi connectivity index (χ0v) is 9.46. The molecule has 1 rings (SSSR count). The minimum Gasteiger partial charge on any atom is -0.384 e. The fourth-order valence-electron chi connectivity index (χ4n) is 2.03. The normalized spacial score (nSPS) is 30.2. The van der Waals surface area contributed by atoms with Crippen molar-refractivity contribution in [2.24, 2.45) is 11.7 Å². The van der Waals surface area contributed by atoms with Gasteiger partial charge >= 0.3 is 0 Å². The summed E-state index contributed by atoms with van der Waals surface area (Å²) in [6.07, 6.45) is 4.83. The first kappa shape index (κ1) is 12.0. The predicted molar refractivity (Wildman–Crippen MR) is 59.3 cm³/mol. The number of rotatable bonds is 5. The van der Waals surface area contributed by atoms with E-state index in [0.717, 1.165) is 13.2 Å². The predicted octanol–water partition coefficient (Wildman–Crippen LogP) is 1.13. The molecule has 84 valence electrons. The van der Waals surface area contributed by atoms with E-state index in [2.05, 4.69) is 12.2 Å². The van der Waals surface area contributed by atoms with Crippen LogP contribution in [0.15, 0.2) is 0 Å². The Bertz CT molecular complexity index is 144. The average molecular weight is 200 g/mol. The number of hydrogen-bond acceptors (Lipinski definition) is 3. The molecule has 3 N–H and O–H groups in total. The summed E-state index contributed by atoms with van der Waals surface area (Å²) in [6, 6.07) is 1.14. The first-order valence-electron chi connectivity index (χ1n) is 5.70. The van der Waals surface area contributed by atoms with Gasteiger partial charge in [0.2, 0.25) is 0 Å². The van der Waals surface area contributed by atoms with Crippen LogP contribution in [0.1, 0.15) is 32.6 Å². The number of hydrogen-bond donors (Lipinski definition) is 2. The van der Waals surface area contributed by atoms with Crippen molar-refractivity contribution >= 4 is 0 Å². The lowest BCUT2D eigenvalue weighted by atomic mass is 9.91. The Labute approximate surface area is 87.4 Å². The fraction of sp³-hybridized carbons (Fsp3) is 1.00. The molecule has 1 aliphatic carbocycles. The van der Waals surface area contributed by atoms with E-state index < -0.39 is 0 Å². The van der Waals surface area contributed by atoms with E-state index in [9.17, 15) is 0 Å². The van der Waals surface area contributed by atoms with Gasteiger partial charge in [0.1, 0.15) is 0 Å². The van der Waals surface area contributed by atoms with Crippen molar-refractivity contribution in [1.29, 1.82) is 0 Å². The van der Waals surface area contributed by atoms with Gasteiger partial charge in [0, 0.05) is 32.3 Å². The molecule has 1 atom stereocenters. The van der Waals surface area contributed by atoms with Gasteiger partial charge in [-0.15, -0.1) is 0 Å². The Hall–Kier alpha value is -0.120. The molecule has 14 heavy (non-hydrogen) atoms. The highest BCUT2D eigenvalue weighted by Crippen LogP contribution is 2.16. The summed E-state index contributed by atoms with van der Waals surface area (Å²) in [5, 5.41) is 3.59. The minimum atomic E-state index is 0.449. The smallest absolute Gasteiger partial charge is 0.0499 e. The van der Waals surface area contributed by atoms with Crippen molar-refractivity contribution in [3.63, 3.8) is 0 Å². The van der Waals surface area contributed by atoms with Crippen LogP contribution in [0.5, 0.6) is 0 Å². The molecule has 0 aromatic heterocycles. The van der Waals surface area contributed by atoms with E-state index in [1.165, 1.54) is 25.7 Å². The van der Waals surface area contributed by atoms with Crippen molar-refractivity contribution in [2.75, 3.05) is 20.3 Å². The second-order valence-electron chi connectivity index (χ2n) is 4.58. The number of nitrogens with one attached hydrogen (secondary N) is 1. The number of nitrogens with two attached hydrogens (primary N) is 1. The lowest BCUT2D eigenvalue weighted by Crippen LogP contribution is -2.39. The van der Waals surface area contributed by atoms with Crippen LogP contribution in [-0.4, -0.2) is 32.3 Å². The highest BCUT2D eigenvalue weighted by molar-refractivity contribution is 4.79. The molecule has 0 amide bonds. The summed E-state index contributed by atoms with van der Waals surface area (Å²) in [5.74, 6) is 0.607. The van der Waals surface area contributed by atoms with Crippen LogP contribution in [0.25, 0.3) is 0 Å². The summed E-state index contributed by atoms with van der Waals surface area (Å²) in [4.78, 5) is 0. The number of ether oxygens (including phenoxy) is 1. The third kappa shape index (κ3) is 4.40. The molecule has 0 aromatic rings. The van der Waals surface area contributed by atoms with Gasteiger partial charge in [-0.2, -0.15) is 0 Å². The van der Waals surface area contributed by atoms with E-state index in [-0.39, 0.29) is 0 Å². The largest absolute Gasteiger partial charge is 0.384 e. The SMILES string of the molecule is COCC(C)CNC1CCC(N)CC1. The summed E-state index contributed by atoms with van der Waals surface area (Å²) in [6.45, 7) is 4.12. The molecule has 3 heteroatoms. The van der Waals surface area contributed by atoms with Gasteiger partial charge in [-0.3, -0.25) is 0 Å². The molecule has 0 radical (unpaired) electrons. The molecular formula is C11H24N2O. The Morgan fingerprint density at radius 1 is 1.36 bits per heavy atom. The Balaban J connectivity index is 2.06. The van der Waals surface area contributed by atoms with Crippen LogP contribution in [-0.2, 0) is 4.74 Å². The quantitative estimate of drug-likeness (QED) is 0.699. The molecule has 0 aromatic carbocycles. The third-order valence-electron chi connectivity index (χ3n) is 2.98.